The van der Waals surface area contributed by atoms with Crippen LogP contribution in [0.2, 0.25) is 0 Å². The maximum absolute atomic E-state index is 5.94. The average Bonchev–Trinajstić information content (AvgIpc) is 2.56. The first kappa shape index (κ1) is 10.6. The fraction of sp³-hybridized carbons (Fsp3) is 0.500. The third-order valence-electron chi connectivity index (χ3n) is 3.68. The fourth-order valence-corrected chi connectivity index (χ4v) is 2.83. The molecule has 0 atom stereocenters. The van der Waals surface area contributed by atoms with Gasteiger partial charge in [-0.1, -0.05) is 12.8 Å². The molecule has 1 aliphatic rings. The second kappa shape index (κ2) is 4.06. The number of aromatic nitrogens is 2. The van der Waals surface area contributed by atoms with Crippen LogP contribution in [0.25, 0.3) is 5.65 Å². The minimum atomic E-state index is 0.831. The molecule has 90 valence electrons. The van der Waals surface area contributed by atoms with Crippen LogP contribution in [0, 0.1) is 6.92 Å². The van der Waals surface area contributed by atoms with E-state index in [4.69, 9.17) is 10.7 Å². The Kier molecular flexibility index (Phi) is 2.54. The normalized spacial score (nSPS) is 16.5. The highest BCUT2D eigenvalue weighted by Crippen LogP contribution is 2.24. The lowest BCUT2D eigenvalue weighted by molar-refractivity contribution is 0.605. The highest BCUT2D eigenvalue weighted by molar-refractivity contribution is 5.56. The van der Waals surface area contributed by atoms with Crippen LogP contribution >= 0.6 is 0 Å². The van der Waals surface area contributed by atoms with Gasteiger partial charge in [0.1, 0.15) is 5.65 Å². The Morgan fingerprint density at radius 3 is 2.76 bits per heavy atom. The van der Waals surface area contributed by atoms with Gasteiger partial charge >= 0.3 is 0 Å². The van der Waals surface area contributed by atoms with E-state index < -0.39 is 0 Å². The summed E-state index contributed by atoms with van der Waals surface area (Å²) in [5, 5.41) is 0. The minimum absolute atomic E-state index is 0.831. The number of fused-ring (bicyclic) bond motifs is 3. The predicted octanol–water partition coefficient (Wildman–Crippen LogP) is 2.88. The summed E-state index contributed by atoms with van der Waals surface area (Å²) >= 11 is 0. The first-order valence-electron chi connectivity index (χ1n) is 6.51. The molecule has 3 rings (SSSR count). The monoisotopic (exact) mass is 229 g/mol. The number of hydrogen-bond acceptors (Lipinski definition) is 2. The quantitative estimate of drug-likeness (QED) is 0.755. The summed E-state index contributed by atoms with van der Waals surface area (Å²) in [7, 11) is 0. The summed E-state index contributed by atoms with van der Waals surface area (Å²) in [5.74, 6) is 0. The Hall–Kier alpha value is -1.51. The van der Waals surface area contributed by atoms with E-state index in [1.54, 1.807) is 0 Å². The van der Waals surface area contributed by atoms with Crippen molar-refractivity contribution < 1.29 is 0 Å². The van der Waals surface area contributed by atoms with Gasteiger partial charge < -0.3 is 10.1 Å². The first-order chi connectivity index (χ1) is 8.25. The molecule has 0 fully saturated rings. The van der Waals surface area contributed by atoms with Crippen LogP contribution in [0.5, 0.6) is 0 Å². The fourth-order valence-electron chi connectivity index (χ4n) is 2.83. The molecule has 2 aromatic heterocycles. The van der Waals surface area contributed by atoms with Gasteiger partial charge in [-0.15, -0.1) is 0 Å². The second-order valence-electron chi connectivity index (χ2n) is 5.07. The predicted molar refractivity (Wildman–Crippen MR) is 70.2 cm³/mol. The Bertz CT molecular complexity index is 554. The van der Waals surface area contributed by atoms with Crippen molar-refractivity contribution in [2.45, 2.75) is 45.4 Å². The Morgan fingerprint density at radius 1 is 1.18 bits per heavy atom. The van der Waals surface area contributed by atoms with Crippen LogP contribution in [0.15, 0.2) is 12.3 Å². The summed E-state index contributed by atoms with van der Waals surface area (Å²) < 4.78 is 2.21. The molecule has 2 aromatic rings. The van der Waals surface area contributed by atoms with Gasteiger partial charge in [0.15, 0.2) is 0 Å². The van der Waals surface area contributed by atoms with E-state index >= 15 is 0 Å². The molecule has 1 aliphatic carbocycles. The van der Waals surface area contributed by atoms with E-state index in [1.165, 1.54) is 42.6 Å². The standard InChI is InChI=1S/C14H19N3/c1-10-8-11(15)9-17-13-7-5-3-2-4-6-12(13)16-14(10)17/h8-9H,2-7,15H2,1H3. The van der Waals surface area contributed by atoms with E-state index in [0.717, 1.165) is 24.2 Å². The maximum Gasteiger partial charge on any atom is 0.140 e. The van der Waals surface area contributed by atoms with Crippen LogP contribution in [0.1, 0.15) is 42.6 Å². The summed E-state index contributed by atoms with van der Waals surface area (Å²) in [5.41, 5.74) is 11.7. The zero-order valence-electron chi connectivity index (χ0n) is 10.4. The van der Waals surface area contributed by atoms with E-state index in [0.29, 0.717) is 0 Å². The summed E-state index contributed by atoms with van der Waals surface area (Å²) in [6, 6.07) is 2.01. The summed E-state index contributed by atoms with van der Waals surface area (Å²) in [4.78, 5) is 4.80. The van der Waals surface area contributed by atoms with Crippen molar-refractivity contribution in [2.24, 2.45) is 0 Å². The summed E-state index contributed by atoms with van der Waals surface area (Å²) in [6.45, 7) is 2.09. The number of nitrogen functional groups attached to an aromatic ring is 1. The number of anilines is 1. The lowest BCUT2D eigenvalue weighted by Gasteiger charge is -2.09. The van der Waals surface area contributed by atoms with Crippen LogP contribution < -0.4 is 5.73 Å². The zero-order valence-corrected chi connectivity index (χ0v) is 10.4. The van der Waals surface area contributed by atoms with Crippen molar-refractivity contribution in [3.8, 4) is 0 Å². The van der Waals surface area contributed by atoms with Crippen LogP contribution in [-0.4, -0.2) is 9.38 Å². The molecule has 0 bridgehead atoms. The SMILES string of the molecule is Cc1cc(N)cn2c3c(nc12)CCCCCC3. The van der Waals surface area contributed by atoms with Gasteiger partial charge in [0.05, 0.1) is 5.69 Å². The van der Waals surface area contributed by atoms with Gasteiger partial charge in [-0.2, -0.15) is 0 Å². The minimum Gasteiger partial charge on any atom is -0.398 e. The molecule has 0 saturated heterocycles. The zero-order chi connectivity index (χ0) is 11.8. The smallest absolute Gasteiger partial charge is 0.140 e. The molecule has 3 heteroatoms. The van der Waals surface area contributed by atoms with Gasteiger partial charge in [0.25, 0.3) is 0 Å². The molecule has 0 amide bonds. The number of nitrogens with two attached hydrogens (primary N) is 1. The molecule has 0 saturated carbocycles. The van der Waals surface area contributed by atoms with Crippen molar-refractivity contribution >= 4 is 11.3 Å². The van der Waals surface area contributed by atoms with Gasteiger partial charge in [0.2, 0.25) is 0 Å². The van der Waals surface area contributed by atoms with Gasteiger partial charge in [-0.05, 0) is 44.2 Å². The molecular weight excluding hydrogens is 210 g/mol. The maximum atomic E-state index is 5.94. The van der Waals surface area contributed by atoms with Crippen LogP contribution in [0.4, 0.5) is 5.69 Å². The van der Waals surface area contributed by atoms with Crippen molar-refractivity contribution in [2.75, 3.05) is 5.73 Å². The molecule has 0 spiro atoms. The van der Waals surface area contributed by atoms with Gasteiger partial charge in [-0.25, -0.2) is 4.98 Å². The molecule has 3 nitrogen and oxygen atoms in total. The van der Waals surface area contributed by atoms with Gasteiger partial charge in [0, 0.05) is 17.6 Å². The molecule has 0 aliphatic heterocycles. The van der Waals surface area contributed by atoms with Crippen molar-refractivity contribution in [1.82, 2.24) is 9.38 Å². The van der Waals surface area contributed by atoms with Crippen LogP contribution in [0.3, 0.4) is 0 Å². The van der Waals surface area contributed by atoms with E-state index in [9.17, 15) is 0 Å². The lowest BCUT2D eigenvalue weighted by atomic mass is 10.0. The van der Waals surface area contributed by atoms with E-state index in [1.807, 2.05) is 12.3 Å². The van der Waals surface area contributed by atoms with E-state index in [-0.39, 0.29) is 0 Å². The molecule has 0 unspecified atom stereocenters. The van der Waals surface area contributed by atoms with E-state index in [2.05, 4.69) is 11.3 Å². The second-order valence-corrected chi connectivity index (χ2v) is 5.07. The van der Waals surface area contributed by atoms with Crippen LogP contribution in [-0.2, 0) is 12.8 Å². The summed E-state index contributed by atoms with van der Waals surface area (Å²) in [6.07, 6.45) is 9.51. The molecular formula is C14H19N3. The van der Waals surface area contributed by atoms with Gasteiger partial charge in [-0.3, -0.25) is 0 Å². The average molecular weight is 229 g/mol. The first-order valence-corrected chi connectivity index (χ1v) is 6.51. The molecule has 0 radical (unpaired) electrons. The number of aryl methyl sites for hydroxylation is 3. The number of rotatable bonds is 0. The Balaban J connectivity index is 2.22. The number of hydrogen-bond donors (Lipinski definition) is 1. The van der Waals surface area contributed by atoms with Crippen molar-refractivity contribution in [3.63, 3.8) is 0 Å². The lowest BCUT2D eigenvalue weighted by Crippen LogP contribution is -2.02. The molecule has 17 heavy (non-hydrogen) atoms. The number of nitrogens with zero attached hydrogens (tertiary/aromatic N) is 2. The molecule has 2 heterocycles. The highest BCUT2D eigenvalue weighted by Gasteiger charge is 2.15. The third kappa shape index (κ3) is 1.79. The third-order valence-corrected chi connectivity index (χ3v) is 3.68. The topological polar surface area (TPSA) is 43.3 Å². The van der Waals surface area contributed by atoms with Crippen molar-refractivity contribution in [3.05, 3.63) is 29.2 Å². The Morgan fingerprint density at radius 2 is 1.94 bits per heavy atom. The molecule has 2 N–H and O–H groups in total. The Labute approximate surface area is 102 Å². The largest absolute Gasteiger partial charge is 0.398 e. The number of imidazole rings is 1. The molecule has 0 aromatic carbocycles. The van der Waals surface area contributed by atoms with Crippen molar-refractivity contribution in [1.29, 1.82) is 0 Å². The number of pyridine rings is 1. The highest BCUT2D eigenvalue weighted by atomic mass is 15.0.